The summed E-state index contributed by atoms with van der Waals surface area (Å²) in [6.07, 6.45) is 2.10. The van der Waals surface area contributed by atoms with Gasteiger partial charge in [0.15, 0.2) is 0 Å². The smallest absolute Gasteiger partial charge is 0.243 e. The van der Waals surface area contributed by atoms with Gasteiger partial charge in [-0.2, -0.15) is 0 Å². The largest absolute Gasteiger partial charge is 0.365 e. The Kier molecular flexibility index (Phi) is 5.02. The summed E-state index contributed by atoms with van der Waals surface area (Å²) in [4.78, 5) is 29.5. The standard InChI is InChI=1S/C17H19N3O2S/c21-16(9-14-7-4-8-18-14)20-12-23-11-15(20)17(22)19-10-13-5-2-1-3-6-13/h1-8,15,18H,9-12H2,(H,19,22). The second-order valence-electron chi connectivity index (χ2n) is 5.45. The van der Waals surface area contributed by atoms with E-state index in [1.165, 1.54) is 0 Å². The molecule has 0 bridgehead atoms. The third-order valence-electron chi connectivity index (χ3n) is 3.82. The lowest BCUT2D eigenvalue weighted by Crippen LogP contribution is -2.47. The van der Waals surface area contributed by atoms with Crippen LogP contribution in [0.15, 0.2) is 48.7 Å². The molecule has 2 heterocycles. The molecule has 1 saturated heterocycles. The molecule has 23 heavy (non-hydrogen) atoms. The van der Waals surface area contributed by atoms with E-state index in [0.29, 0.717) is 24.6 Å². The SMILES string of the molecule is O=C(NCc1ccccc1)C1CSCN1C(=O)Cc1ccc[nH]1. The van der Waals surface area contributed by atoms with Crippen LogP contribution in [-0.4, -0.2) is 39.4 Å². The molecule has 0 saturated carbocycles. The first-order valence-corrected chi connectivity index (χ1v) is 8.70. The fourth-order valence-electron chi connectivity index (χ4n) is 2.55. The van der Waals surface area contributed by atoms with Crippen molar-refractivity contribution in [2.45, 2.75) is 19.0 Å². The van der Waals surface area contributed by atoms with Crippen molar-refractivity contribution in [3.63, 3.8) is 0 Å². The first-order valence-electron chi connectivity index (χ1n) is 7.55. The van der Waals surface area contributed by atoms with Gasteiger partial charge >= 0.3 is 0 Å². The van der Waals surface area contributed by atoms with E-state index in [4.69, 9.17) is 0 Å². The average molecular weight is 329 g/mol. The number of amides is 2. The van der Waals surface area contributed by atoms with Crippen LogP contribution in [0.1, 0.15) is 11.3 Å². The first-order chi connectivity index (χ1) is 11.2. The highest BCUT2D eigenvalue weighted by molar-refractivity contribution is 7.99. The van der Waals surface area contributed by atoms with Gasteiger partial charge in [0.2, 0.25) is 11.8 Å². The summed E-state index contributed by atoms with van der Waals surface area (Å²) in [7, 11) is 0. The van der Waals surface area contributed by atoms with Gasteiger partial charge in [0.05, 0.1) is 12.3 Å². The van der Waals surface area contributed by atoms with Crippen molar-refractivity contribution in [2.75, 3.05) is 11.6 Å². The van der Waals surface area contributed by atoms with E-state index in [-0.39, 0.29) is 17.9 Å². The highest BCUT2D eigenvalue weighted by Crippen LogP contribution is 2.22. The highest BCUT2D eigenvalue weighted by atomic mass is 32.2. The van der Waals surface area contributed by atoms with Crippen LogP contribution in [0.4, 0.5) is 0 Å². The molecule has 2 aromatic rings. The maximum Gasteiger partial charge on any atom is 0.243 e. The minimum Gasteiger partial charge on any atom is -0.365 e. The van der Waals surface area contributed by atoms with Gasteiger partial charge in [-0.15, -0.1) is 11.8 Å². The van der Waals surface area contributed by atoms with Crippen LogP contribution in [0.25, 0.3) is 0 Å². The zero-order chi connectivity index (χ0) is 16.1. The number of rotatable bonds is 5. The summed E-state index contributed by atoms with van der Waals surface area (Å²) in [5.74, 6) is 1.12. The first kappa shape index (κ1) is 15.7. The summed E-state index contributed by atoms with van der Waals surface area (Å²) >= 11 is 1.62. The van der Waals surface area contributed by atoms with Crippen molar-refractivity contribution < 1.29 is 9.59 Å². The number of carbonyl (C=O) groups is 2. The van der Waals surface area contributed by atoms with Crippen LogP contribution in [0.5, 0.6) is 0 Å². The Morgan fingerprint density at radius 2 is 2.04 bits per heavy atom. The van der Waals surface area contributed by atoms with Crippen molar-refractivity contribution in [1.29, 1.82) is 0 Å². The fourth-order valence-corrected chi connectivity index (χ4v) is 3.73. The number of H-pyrrole nitrogens is 1. The van der Waals surface area contributed by atoms with Crippen molar-refractivity contribution in [3.05, 3.63) is 59.9 Å². The van der Waals surface area contributed by atoms with Crippen molar-refractivity contribution in [3.8, 4) is 0 Å². The van der Waals surface area contributed by atoms with Crippen LogP contribution in [-0.2, 0) is 22.6 Å². The second kappa shape index (κ2) is 7.37. The van der Waals surface area contributed by atoms with E-state index < -0.39 is 0 Å². The highest BCUT2D eigenvalue weighted by Gasteiger charge is 2.34. The van der Waals surface area contributed by atoms with Crippen LogP contribution < -0.4 is 5.32 Å². The molecular weight excluding hydrogens is 310 g/mol. The number of nitrogens with one attached hydrogen (secondary N) is 2. The average Bonchev–Trinajstić information content (AvgIpc) is 3.24. The molecule has 1 aromatic heterocycles. The summed E-state index contributed by atoms with van der Waals surface area (Å²) < 4.78 is 0. The van der Waals surface area contributed by atoms with Crippen LogP contribution in [0, 0.1) is 0 Å². The van der Waals surface area contributed by atoms with E-state index in [9.17, 15) is 9.59 Å². The topological polar surface area (TPSA) is 65.2 Å². The lowest BCUT2D eigenvalue weighted by molar-refractivity contribution is -0.137. The quantitative estimate of drug-likeness (QED) is 0.879. The van der Waals surface area contributed by atoms with Gasteiger partial charge in [-0.05, 0) is 17.7 Å². The molecule has 1 aliphatic heterocycles. The Hall–Kier alpha value is -2.21. The Bertz CT molecular complexity index is 658. The van der Waals surface area contributed by atoms with Gasteiger partial charge < -0.3 is 15.2 Å². The zero-order valence-corrected chi connectivity index (χ0v) is 13.5. The van der Waals surface area contributed by atoms with Crippen LogP contribution in [0.2, 0.25) is 0 Å². The maximum absolute atomic E-state index is 12.4. The molecular formula is C17H19N3O2S. The van der Waals surface area contributed by atoms with E-state index in [2.05, 4.69) is 10.3 Å². The molecule has 2 N–H and O–H groups in total. The monoisotopic (exact) mass is 329 g/mol. The number of hydrogen-bond acceptors (Lipinski definition) is 3. The van der Waals surface area contributed by atoms with Crippen LogP contribution >= 0.6 is 11.8 Å². The van der Waals surface area contributed by atoms with Gasteiger partial charge in [0.25, 0.3) is 0 Å². The molecule has 6 heteroatoms. The maximum atomic E-state index is 12.4. The Labute approximate surface area is 139 Å². The third kappa shape index (κ3) is 3.96. The molecule has 0 aliphatic carbocycles. The summed E-state index contributed by atoms with van der Waals surface area (Å²) in [6.45, 7) is 0.486. The minimum absolute atomic E-state index is 0.0164. The van der Waals surface area contributed by atoms with Gasteiger partial charge in [-0.1, -0.05) is 30.3 Å². The van der Waals surface area contributed by atoms with Crippen molar-refractivity contribution in [1.82, 2.24) is 15.2 Å². The molecule has 0 spiro atoms. The molecule has 1 aromatic carbocycles. The molecule has 3 rings (SSSR count). The van der Waals surface area contributed by atoms with Gasteiger partial charge in [-0.3, -0.25) is 9.59 Å². The van der Waals surface area contributed by atoms with Crippen LogP contribution in [0.3, 0.4) is 0 Å². The van der Waals surface area contributed by atoms with Gasteiger partial charge in [-0.25, -0.2) is 0 Å². The predicted molar refractivity (Wildman–Crippen MR) is 90.7 cm³/mol. The number of nitrogens with zero attached hydrogens (tertiary/aromatic N) is 1. The van der Waals surface area contributed by atoms with E-state index in [1.54, 1.807) is 22.9 Å². The second-order valence-corrected chi connectivity index (χ2v) is 6.45. The number of thioether (sulfide) groups is 1. The molecule has 1 atom stereocenters. The van der Waals surface area contributed by atoms with E-state index >= 15 is 0 Å². The summed E-state index contributed by atoms with van der Waals surface area (Å²) in [5, 5.41) is 2.93. The lowest BCUT2D eigenvalue weighted by Gasteiger charge is -2.23. The molecule has 1 unspecified atom stereocenters. The van der Waals surface area contributed by atoms with E-state index in [1.807, 2.05) is 42.5 Å². The predicted octanol–water partition coefficient (Wildman–Crippen LogP) is 1.78. The van der Waals surface area contributed by atoms with Crippen molar-refractivity contribution >= 4 is 23.6 Å². The molecule has 1 fully saturated rings. The zero-order valence-electron chi connectivity index (χ0n) is 12.7. The Morgan fingerprint density at radius 1 is 1.22 bits per heavy atom. The molecule has 5 nitrogen and oxygen atoms in total. The third-order valence-corrected chi connectivity index (χ3v) is 4.83. The summed E-state index contributed by atoms with van der Waals surface area (Å²) in [6, 6.07) is 13.1. The van der Waals surface area contributed by atoms with Gasteiger partial charge in [0, 0.05) is 24.2 Å². The Balaban J connectivity index is 1.57. The molecule has 1 aliphatic rings. The molecule has 0 radical (unpaired) electrons. The van der Waals surface area contributed by atoms with Gasteiger partial charge in [0.1, 0.15) is 6.04 Å². The molecule has 120 valence electrons. The normalized spacial score (nSPS) is 17.2. The Morgan fingerprint density at radius 3 is 2.78 bits per heavy atom. The van der Waals surface area contributed by atoms with Crippen molar-refractivity contribution in [2.24, 2.45) is 0 Å². The summed E-state index contributed by atoms with van der Waals surface area (Å²) in [5.41, 5.74) is 1.92. The number of aromatic amines is 1. The molecule has 2 amide bonds. The number of benzene rings is 1. The number of carbonyl (C=O) groups excluding carboxylic acids is 2. The lowest BCUT2D eigenvalue weighted by atomic mass is 10.2. The fraction of sp³-hybridized carbons (Fsp3) is 0.294. The number of aromatic nitrogens is 1. The minimum atomic E-state index is -0.383. The number of hydrogen-bond donors (Lipinski definition) is 2. The van der Waals surface area contributed by atoms with E-state index in [0.717, 1.165) is 11.3 Å².